The Morgan fingerprint density at radius 1 is 1.15 bits per heavy atom. The second-order valence-electron chi connectivity index (χ2n) is 6.08. The first-order chi connectivity index (χ1) is 12.5. The minimum Gasteiger partial charge on any atom is -0.496 e. The molecule has 0 N–H and O–H groups in total. The number of fused-ring (bicyclic) bond motifs is 1. The van der Waals surface area contributed by atoms with Gasteiger partial charge in [-0.25, -0.2) is 12.4 Å². The summed E-state index contributed by atoms with van der Waals surface area (Å²) in [4.78, 5) is 4.59. The number of hydrogen-bond acceptors (Lipinski definition) is 4. The number of rotatable bonds is 6. The molecule has 0 aliphatic heterocycles. The Morgan fingerprint density at radius 2 is 1.88 bits per heavy atom. The fraction of sp³-hybridized carbons (Fsp3) is 0.250. The standard InChI is InChI=1S/C20H22N2O3S/c1-4-12-21-14-16-13-18-19(6-5-7-20(18)25-3)22(16)26(23,24)17-10-8-15(2)9-11-17/h5-11,13-14H,4,12H2,1-3H3/b21-14-. The van der Waals surface area contributed by atoms with Crippen molar-refractivity contribution in [2.75, 3.05) is 13.7 Å². The van der Waals surface area contributed by atoms with Crippen molar-refractivity contribution in [2.24, 2.45) is 4.99 Å². The first kappa shape index (κ1) is 18.2. The van der Waals surface area contributed by atoms with Gasteiger partial charge in [0.15, 0.2) is 0 Å². The van der Waals surface area contributed by atoms with E-state index in [2.05, 4.69) is 4.99 Å². The van der Waals surface area contributed by atoms with Crippen molar-refractivity contribution in [1.29, 1.82) is 0 Å². The van der Waals surface area contributed by atoms with Gasteiger partial charge in [-0.3, -0.25) is 4.99 Å². The number of aromatic nitrogens is 1. The third-order valence-corrected chi connectivity index (χ3v) is 5.90. The van der Waals surface area contributed by atoms with E-state index in [1.165, 1.54) is 3.97 Å². The molecule has 0 bridgehead atoms. The van der Waals surface area contributed by atoms with Gasteiger partial charge in [0.2, 0.25) is 0 Å². The number of methoxy groups -OCH3 is 1. The van der Waals surface area contributed by atoms with Crippen molar-refractivity contribution >= 4 is 27.1 Å². The number of hydrogen-bond donors (Lipinski definition) is 0. The van der Waals surface area contributed by atoms with Crippen LogP contribution >= 0.6 is 0 Å². The van der Waals surface area contributed by atoms with Crippen LogP contribution in [0.15, 0.2) is 58.4 Å². The second-order valence-corrected chi connectivity index (χ2v) is 7.87. The maximum Gasteiger partial charge on any atom is 0.268 e. The lowest BCUT2D eigenvalue weighted by atomic mass is 10.2. The fourth-order valence-electron chi connectivity index (χ4n) is 2.84. The summed E-state index contributed by atoms with van der Waals surface area (Å²) in [6.45, 7) is 4.59. The van der Waals surface area contributed by atoms with Crippen molar-refractivity contribution in [3.05, 3.63) is 59.8 Å². The van der Waals surface area contributed by atoms with Crippen LogP contribution in [0.4, 0.5) is 0 Å². The second kappa shape index (κ2) is 7.33. The largest absolute Gasteiger partial charge is 0.496 e. The summed E-state index contributed by atoms with van der Waals surface area (Å²) in [5.41, 5.74) is 2.09. The molecular weight excluding hydrogens is 348 g/mol. The van der Waals surface area contributed by atoms with Gasteiger partial charge in [-0.05, 0) is 43.7 Å². The van der Waals surface area contributed by atoms with Crippen LogP contribution in [-0.2, 0) is 10.0 Å². The van der Waals surface area contributed by atoms with E-state index in [1.807, 2.05) is 19.9 Å². The van der Waals surface area contributed by atoms with Gasteiger partial charge >= 0.3 is 0 Å². The van der Waals surface area contributed by atoms with E-state index in [4.69, 9.17) is 4.74 Å². The summed E-state index contributed by atoms with van der Waals surface area (Å²) < 4.78 is 33.4. The van der Waals surface area contributed by atoms with E-state index in [0.29, 0.717) is 23.5 Å². The van der Waals surface area contributed by atoms with Gasteiger partial charge < -0.3 is 4.74 Å². The Morgan fingerprint density at radius 3 is 2.54 bits per heavy atom. The number of benzene rings is 2. The van der Waals surface area contributed by atoms with Crippen LogP contribution in [0.3, 0.4) is 0 Å². The van der Waals surface area contributed by atoms with Gasteiger partial charge in [0.05, 0.1) is 23.2 Å². The fourth-order valence-corrected chi connectivity index (χ4v) is 4.33. The predicted molar refractivity (Wildman–Crippen MR) is 105 cm³/mol. The molecule has 26 heavy (non-hydrogen) atoms. The average Bonchev–Trinajstić information content (AvgIpc) is 3.01. The zero-order chi connectivity index (χ0) is 18.7. The zero-order valence-corrected chi connectivity index (χ0v) is 16.0. The van der Waals surface area contributed by atoms with Gasteiger partial charge in [0.25, 0.3) is 10.0 Å². The molecule has 0 saturated carbocycles. The van der Waals surface area contributed by atoms with Crippen LogP contribution in [0.1, 0.15) is 24.6 Å². The van der Waals surface area contributed by atoms with Crippen molar-refractivity contribution in [1.82, 2.24) is 3.97 Å². The van der Waals surface area contributed by atoms with Crippen molar-refractivity contribution < 1.29 is 13.2 Å². The third-order valence-electron chi connectivity index (χ3n) is 4.14. The minimum absolute atomic E-state index is 0.244. The molecule has 0 atom stereocenters. The smallest absolute Gasteiger partial charge is 0.268 e. The van der Waals surface area contributed by atoms with Crippen LogP contribution in [0.2, 0.25) is 0 Å². The van der Waals surface area contributed by atoms with Crippen LogP contribution < -0.4 is 4.74 Å². The van der Waals surface area contributed by atoms with E-state index in [0.717, 1.165) is 17.4 Å². The summed E-state index contributed by atoms with van der Waals surface area (Å²) in [5, 5.41) is 0.739. The molecule has 0 fully saturated rings. The molecule has 0 unspecified atom stereocenters. The van der Waals surface area contributed by atoms with Crippen LogP contribution in [-0.4, -0.2) is 32.3 Å². The van der Waals surface area contributed by atoms with Crippen LogP contribution in [0, 0.1) is 6.92 Å². The van der Waals surface area contributed by atoms with Gasteiger partial charge in [-0.1, -0.05) is 30.7 Å². The van der Waals surface area contributed by atoms with Gasteiger partial charge in [0.1, 0.15) is 5.75 Å². The summed E-state index contributed by atoms with van der Waals surface area (Å²) in [7, 11) is -2.19. The Labute approximate surface area is 154 Å². The monoisotopic (exact) mass is 370 g/mol. The Hall–Kier alpha value is -2.60. The lowest BCUT2D eigenvalue weighted by molar-refractivity contribution is 0.420. The number of aliphatic imine (C=N–C) groups is 1. The molecule has 1 aromatic heterocycles. The van der Waals surface area contributed by atoms with Gasteiger partial charge in [-0.2, -0.15) is 0 Å². The maximum atomic E-state index is 13.3. The Bertz CT molecular complexity index is 1050. The molecule has 2 aromatic carbocycles. The highest BCUT2D eigenvalue weighted by atomic mass is 32.2. The molecule has 0 aliphatic rings. The highest BCUT2D eigenvalue weighted by molar-refractivity contribution is 7.90. The number of ether oxygens (including phenoxy) is 1. The van der Waals surface area contributed by atoms with Crippen molar-refractivity contribution in [2.45, 2.75) is 25.2 Å². The van der Waals surface area contributed by atoms with Crippen molar-refractivity contribution in [3.8, 4) is 5.75 Å². The number of aryl methyl sites for hydroxylation is 1. The van der Waals surface area contributed by atoms with Crippen molar-refractivity contribution in [3.63, 3.8) is 0 Å². The molecule has 5 nitrogen and oxygen atoms in total. The van der Waals surface area contributed by atoms with E-state index >= 15 is 0 Å². The van der Waals surface area contributed by atoms with E-state index in [-0.39, 0.29) is 4.90 Å². The minimum atomic E-state index is -3.76. The molecule has 0 amide bonds. The normalized spacial score (nSPS) is 12.1. The van der Waals surface area contributed by atoms with Crippen LogP contribution in [0.5, 0.6) is 5.75 Å². The molecule has 0 saturated heterocycles. The number of nitrogens with zero attached hydrogens (tertiary/aromatic N) is 2. The topological polar surface area (TPSA) is 60.7 Å². The van der Waals surface area contributed by atoms with Gasteiger partial charge in [-0.15, -0.1) is 0 Å². The quantitative estimate of drug-likeness (QED) is 0.616. The predicted octanol–water partition coefficient (Wildman–Crippen LogP) is 4.02. The summed E-state index contributed by atoms with van der Waals surface area (Å²) in [6.07, 6.45) is 2.51. The van der Waals surface area contributed by atoms with Gasteiger partial charge in [0, 0.05) is 18.1 Å². The SMILES string of the molecule is CCC/N=C\c1cc2c(OC)cccc2n1S(=O)(=O)c1ccc(C)cc1. The lowest BCUT2D eigenvalue weighted by Crippen LogP contribution is -2.15. The van der Waals surface area contributed by atoms with E-state index in [9.17, 15) is 8.42 Å². The van der Waals surface area contributed by atoms with E-state index < -0.39 is 10.0 Å². The molecular formula is C20H22N2O3S. The molecule has 3 aromatic rings. The van der Waals surface area contributed by atoms with E-state index in [1.54, 1.807) is 55.8 Å². The molecule has 1 heterocycles. The summed E-state index contributed by atoms with van der Waals surface area (Å²) in [5.74, 6) is 0.630. The maximum absolute atomic E-state index is 13.3. The molecule has 0 aliphatic carbocycles. The Balaban J connectivity index is 2.28. The molecule has 0 spiro atoms. The zero-order valence-electron chi connectivity index (χ0n) is 15.1. The highest BCUT2D eigenvalue weighted by Crippen LogP contribution is 2.31. The molecule has 0 radical (unpaired) electrons. The Kier molecular flexibility index (Phi) is 5.13. The highest BCUT2D eigenvalue weighted by Gasteiger charge is 2.23. The third kappa shape index (κ3) is 3.24. The first-order valence-corrected chi connectivity index (χ1v) is 9.93. The molecule has 136 valence electrons. The molecule has 6 heteroatoms. The molecule has 3 rings (SSSR count). The summed E-state index contributed by atoms with van der Waals surface area (Å²) in [6, 6.07) is 14.0. The van der Waals surface area contributed by atoms with Crippen LogP contribution in [0.25, 0.3) is 10.9 Å². The lowest BCUT2D eigenvalue weighted by Gasteiger charge is -2.11. The summed E-state index contributed by atoms with van der Waals surface area (Å²) >= 11 is 0. The first-order valence-electron chi connectivity index (χ1n) is 8.49. The average molecular weight is 370 g/mol.